The summed E-state index contributed by atoms with van der Waals surface area (Å²) in [6.45, 7) is 9.73. The van der Waals surface area contributed by atoms with Gasteiger partial charge in [-0.05, 0) is 43.6 Å². The minimum Gasteiger partial charge on any atom is -0.399 e. The second kappa shape index (κ2) is 5.24. The van der Waals surface area contributed by atoms with Gasteiger partial charge in [0.1, 0.15) is 0 Å². The fraction of sp³-hybridized carbons (Fsp3) is 0.692. The standard InChI is InChI=1S/C13H21BBrNO3/c1-12(2)13(3,4)19-14(18-12)10-8-16(6-7-17-5)9-11(10)15/h8-9H,6-7H2,1-5H3. The molecule has 0 radical (unpaired) electrons. The van der Waals surface area contributed by atoms with Gasteiger partial charge in [-0.1, -0.05) is 0 Å². The zero-order chi connectivity index (χ0) is 14.3. The summed E-state index contributed by atoms with van der Waals surface area (Å²) < 4.78 is 20.3. The van der Waals surface area contributed by atoms with Crippen LogP contribution in [0.5, 0.6) is 0 Å². The van der Waals surface area contributed by atoms with E-state index in [9.17, 15) is 0 Å². The molecule has 1 aliphatic rings. The number of nitrogens with zero attached hydrogens (tertiary/aromatic N) is 1. The Hall–Kier alpha value is -0.295. The molecule has 19 heavy (non-hydrogen) atoms. The van der Waals surface area contributed by atoms with Crippen LogP contribution in [-0.2, 0) is 20.6 Å². The second-order valence-corrected chi connectivity index (χ2v) is 6.73. The molecule has 2 rings (SSSR count). The first-order valence-electron chi connectivity index (χ1n) is 6.46. The minimum atomic E-state index is -0.330. The van der Waals surface area contributed by atoms with Gasteiger partial charge in [0.2, 0.25) is 0 Å². The number of rotatable bonds is 4. The average molecular weight is 330 g/mol. The van der Waals surface area contributed by atoms with Crippen molar-refractivity contribution in [1.82, 2.24) is 4.57 Å². The van der Waals surface area contributed by atoms with Gasteiger partial charge >= 0.3 is 7.12 Å². The summed E-state index contributed by atoms with van der Waals surface area (Å²) in [5.74, 6) is 0. The van der Waals surface area contributed by atoms with E-state index in [4.69, 9.17) is 14.0 Å². The van der Waals surface area contributed by atoms with Crippen LogP contribution in [0.4, 0.5) is 0 Å². The van der Waals surface area contributed by atoms with E-state index in [1.54, 1.807) is 7.11 Å². The third-order valence-electron chi connectivity index (χ3n) is 3.92. The molecule has 0 atom stereocenters. The summed E-state index contributed by atoms with van der Waals surface area (Å²) in [6.07, 6.45) is 4.07. The van der Waals surface area contributed by atoms with Crippen LogP contribution in [0.2, 0.25) is 0 Å². The summed E-state index contributed by atoms with van der Waals surface area (Å²) in [5.41, 5.74) is 0.395. The zero-order valence-electron chi connectivity index (χ0n) is 12.2. The molecule has 0 amide bonds. The highest BCUT2D eigenvalue weighted by Crippen LogP contribution is 2.37. The molecule has 0 unspecified atom stereocenters. The molecule has 6 heteroatoms. The van der Waals surface area contributed by atoms with Gasteiger partial charge in [0.15, 0.2) is 0 Å². The number of hydrogen-bond acceptors (Lipinski definition) is 3. The molecule has 0 aromatic carbocycles. The third-order valence-corrected chi connectivity index (χ3v) is 4.58. The van der Waals surface area contributed by atoms with Gasteiger partial charge in [0, 0.05) is 36.0 Å². The van der Waals surface area contributed by atoms with Crippen molar-refractivity contribution in [2.75, 3.05) is 13.7 Å². The van der Waals surface area contributed by atoms with Crippen molar-refractivity contribution < 1.29 is 14.0 Å². The van der Waals surface area contributed by atoms with Crippen molar-refractivity contribution in [2.45, 2.75) is 45.4 Å². The molecule has 1 fully saturated rings. The van der Waals surface area contributed by atoms with E-state index in [2.05, 4.69) is 48.2 Å². The van der Waals surface area contributed by atoms with Crippen LogP contribution < -0.4 is 5.46 Å². The van der Waals surface area contributed by atoms with Crippen LogP contribution >= 0.6 is 15.9 Å². The quantitative estimate of drug-likeness (QED) is 0.794. The molecule has 2 heterocycles. The number of halogens is 1. The predicted octanol–water partition coefficient (Wildman–Crippen LogP) is 2.20. The fourth-order valence-corrected chi connectivity index (χ4v) is 2.52. The lowest BCUT2D eigenvalue weighted by molar-refractivity contribution is 0.00578. The molecule has 1 aromatic heterocycles. The Morgan fingerprint density at radius 2 is 1.79 bits per heavy atom. The molecule has 4 nitrogen and oxygen atoms in total. The minimum absolute atomic E-state index is 0.314. The number of methoxy groups -OCH3 is 1. The number of hydrogen-bond donors (Lipinski definition) is 0. The zero-order valence-corrected chi connectivity index (χ0v) is 13.8. The molecular weight excluding hydrogens is 309 g/mol. The maximum absolute atomic E-state index is 6.05. The van der Waals surface area contributed by atoms with Gasteiger partial charge in [-0.2, -0.15) is 0 Å². The number of aromatic nitrogens is 1. The molecule has 0 aliphatic carbocycles. The lowest BCUT2D eigenvalue weighted by Crippen LogP contribution is -2.41. The van der Waals surface area contributed by atoms with Crippen LogP contribution in [0, 0.1) is 0 Å². The first-order valence-corrected chi connectivity index (χ1v) is 7.26. The molecule has 0 saturated carbocycles. The van der Waals surface area contributed by atoms with Gasteiger partial charge in [0.25, 0.3) is 0 Å². The first-order chi connectivity index (χ1) is 8.77. The van der Waals surface area contributed by atoms with E-state index in [0.29, 0.717) is 6.61 Å². The summed E-state index contributed by atoms with van der Waals surface area (Å²) in [4.78, 5) is 0. The summed E-state index contributed by atoms with van der Waals surface area (Å²) in [6, 6.07) is 0. The van der Waals surface area contributed by atoms with Crippen LogP contribution in [0.15, 0.2) is 16.9 Å². The Labute approximate surface area is 123 Å². The topological polar surface area (TPSA) is 32.6 Å². The van der Waals surface area contributed by atoms with Crippen LogP contribution in [0.1, 0.15) is 27.7 Å². The molecule has 1 aromatic rings. The smallest absolute Gasteiger partial charge is 0.399 e. The molecule has 0 spiro atoms. The van der Waals surface area contributed by atoms with E-state index in [1.165, 1.54) is 0 Å². The lowest BCUT2D eigenvalue weighted by atomic mass is 9.81. The molecular formula is C13H21BBrNO3. The summed E-state index contributed by atoms with van der Waals surface area (Å²) in [5, 5.41) is 0. The van der Waals surface area contributed by atoms with Crippen LogP contribution in [0.3, 0.4) is 0 Å². The predicted molar refractivity (Wildman–Crippen MR) is 79.7 cm³/mol. The maximum Gasteiger partial charge on any atom is 0.497 e. The normalized spacial score (nSPS) is 21.1. The van der Waals surface area contributed by atoms with Crippen molar-refractivity contribution >= 4 is 28.5 Å². The maximum atomic E-state index is 6.05. The van der Waals surface area contributed by atoms with Crippen molar-refractivity contribution in [3.05, 3.63) is 16.9 Å². The third kappa shape index (κ3) is 2.91. The van der Waals surface area contributed by atoms with Crippen LogP contribution in [0.25, 0.3) is 0 Å². The first kappa shape index (κ1) is 15.1. The largest absolute Gasteiger partial charge is 0.497 e. The molecule has 106 valence electrons. The van der Waals surface area contributed by atoms with E-state index >= 15 is 0 Å². The van der Waals surface area contributed by atoms with Crippen molar-refractivity contribution in [1.29, 1.82) is 0 Å². The SMILES string of the molecule is COCCn1cc(Br)c(B2OC(C)(C)C(C)(C)O2)c1. The highest BCUT2D eigenvalue weighted by atomic mass is 79.9. The lowest BCUT2D eigenvalue weighted by Gasteiger charge is -2.32. The Kier molecular flexibility index (Phi) is 4.16. The molecule has 0 N–H and O–H groups in total. The van der Waals surface area contributed by atoms with Crippen molar-refractivity contribution in [3.63, 3.8) is 0 Å². The van der Waals surface area contributed by atoms with Gasteiger partial charge in [-0.25, -0.2) is 0 Å². The highest BCUT2D eigenvalue weighted by Gasteiger charge is 2.52. The van der Waals surface area contributed by atoms with E-state index in [0.717, 1.165) is 16.5 Å². The van der Waals surface area contributed by atoms with Gasteiger partial charge < -0.3 is 18.6 Å². The second-order valence-electron chi connectivity index (χ2n) is 5.88. The molecule has 0 bridgehead atoms. The van der Waals surface area contributed by atoms with Crippen LogP contribution in [-0.4, -0.2) is 36.6 Å². The van der Waals surface area contributed by atoms with Gasteiger partial charge in [-0.3, -0.25) is 0 Å². The summed E-state index contributed by atoms with van der Waals surface area (Å²) >= 11 is 3.57. The van der Waals surface area contributed by atoms with Crippen molar-refractivity contribution in [3.8, 4) is 0 Å². The monoisotopic (exact) mass is 329 g/mol. The van der Waals surface area contributed by atoms with E-state index in [1.807, 2.05) is 12.4 Å². The van der Waals surface area contributed by atoms with E-state index < -0.39 is 0 Å². The van der Waals surface area contributed by atoms with Gasteiger partial charge in [-0.15, -0.1) is 0 Å². The number of ether oxygens (including phenoxy) is 1. The van der Waals surface area contributed by atoms with Gasteiger partial charge in [0.05, 0.1) is 17.8 Å². The Morgan fingerprint density at radius 3 is 2.32 bits per heavy atom. The van der Waals surface area contributed by atoms with Crippen molar-refractivity contribution in [2.24, 2.45) is 0 Å². The Bertz CT molecular complexity index is 443. The fourth-order valence-electron chi connectivity index (χ4n) is 1.97. The average Bonchev–Trinajstić information content (AvgIpc) is 2.75. The highest BCUT2D eigenvalue weighted by molar-refractivity contribution is 9.10. The summed E-state index contributed by atoms with van der Waals surface area (Å²) in [7, 11) is 1.37. The molecule has 1 aliphatic heterocycles. The molecule has 1 saturated heterocycles. The Balaban J connectivity index is 2.18. The Morgan fingerprint density at radius 1 is 1.21 bits per heavy atom. The van der Waals surface area contributed by atoms with E-state index in [-0.39, 0.29) is 18.3 Å².